The zero-order valence-corrected chi connectivity index (χ0v) is 14.4. The van der Waals surface area contributed by atoms with Crippen molar-refractivity contribution in [3.63, 3.8) is 0 Å². The van der Waals surface area contributed by atoms with Gasteiger partial charge in [-0.15, -0.1) is 0 Å². The molecule has 1 fully saturated rings. The Hall–Kier alpha value is -0.970. The van der Waals surface area contributed by atoms with Crippen LogP contribution in [-0.2, 0) is 20.0 Å². The second-order valence-electron chi connectivity index (χ2n) is 5.74. The average Bonchev–Trinajstić information content (AvgIpc) is 2.81. The first-order valence-electron chi connectivity index (χ1n) is 7.20. The molecule has 0 amide bonds. The van der Waals surface area contributed by atoms with Crippen LogP contribution in [0.2, 0.25) is 0 Å². The van der Waals surface area contributed by atoms with Crippen molar-refractivity contribution >= 4 is 20.0 Å². The second-order valence-corrected chi connectivity index (χ2v) is 9.66. The molecule has 0 radical (unpaired) electrons. The third kappa shape index (κ3) is 3.86. The number of nitrogens with one attached hydrogen (secondary N) is 1. The quantitative estimate of drug-likeness (QED) is 0.811. The summed E-state index contributed by atoms with van der Waals surface area (Å²) < 4.78 is 52.1. The summed E-state index contributed by atoms with van der Waals surface area (Å²) in [7, 11) is -6.98. The van der Waals surface area contributed by atoms with Gasteiger partial charge >= 0.3 is 0 Å². The lowest BCUT2D eigenvalue weighted by atomic mass is 10.3. The van der Waals surface area contributed by atoms with Gasteiger partial charge in [-0.25, -0.2) is 26.1 Å². The van der Waals surface area contributed by atoms with Crippen molar-refractivity contribution < 1.29 is 16.8 Å². The van der Waals surface area contributed by atoms with Crippen LogP contribution in [0.3, 0.4) is 0 Å². The Morgan fingerprint density at radius 2 is 1.77 bits per heavy atom. The van der Waals surface area contributed by atoms with Crippen molar-refractivity contribution in [1.29, 1.82) is 0 Å². The summed E-state index contributed by atoms with van der Waals surface area (Å²) in [5.41, 5.74) is 0. The standard InChI is InChI=1S/C12H22N4O4S2/c1-11(2)9-21(17,18)15-4-3-5-16(7-6-15)22(19,20)12-8-13-10-14-12/h8,10-11H,3-7,9H2,1-2H3,(H,13,14). The van der Waals surface area contributed by atoms with Crippen molar-refractivity contribution in [2.45, 2.75) is 25.3 Å². The molecule has 1 aromatic rings. The summed E-state index contributed by atoms with van der Waals surface area (Å²) in [5, 5.41) is 0.0333. The number of sulfonamides is 2. The normalized spacial score (nSPS) is 19.4. The van der Waals surface area contributed by atoms with Crippen LogP contribution in [0.4, 0.5) is 0 Å². The van der Waals surface area contributed by atoms with Gasteiger partial charge in [0.05, 0.1) is 18.3 Å². The molecule has 8 nitrogen and oxygen atoms in total. The Morgan fingerprint density at radius 3 is 2.36 bits per heavy atom. The maximum absolute atomic E-state index is 12.4. The van der Waals surface area contributed by atoms with Gasteiger partial charge in [0.25, 0.3) is 10.0 Å². The lowest BCUT2D eigenvalue weighted by Gasteiger charge is -2.22. The molecule has 1 aliphatic heterocycles. The van der Waals surface area contributed by atoms with Crippen LogP contribution in [0.25, 0.3) is 0 Å². The smallest absolute Gasteiger partial charge is 0.260 e. The Kier molecular flexibility index (Phi) is 5.25. The number of aromatic nitrogens is 2. The SMILES string of the molecule is CC(C)CS(=O)(=O)N1CCCN(S(=O)(=O)c2cnc[nH]2)CC1. The van der Waals surface area contributed by atoms with Gasteiger partial charge in [0.2, 0.25) is 10.0 Å². The van der Waals surface area contributed by atoms with Crippen molar-refractivity contribution in [2.24, 2.45) is 5.92 Å². The fraction of sp³-hybridized carbons (Fsp3) is 0.750. The Bertz CT molecular complexity index is 683. The minimum absolute atomic E-state index is 0.0333. The Labute approximate surface area is 131 Å². The number of H-pyrrole nitrogens is 1. The van der Waals surface area contributed by atoms with Crippen molar-refractivity contribution in [3.05, 3.63) is 12.5 Å². The first-order valence-corrected chi connectivity index (χ1v) is 10.2. The molecule has 0 spiro atoms. The fourth-order valence-electron chi connectivity index (χ4n) is 2.44. The molecule has 0 atom stereocenters. The van der Waals surface area contributed by atoms with Gasteiger partial charge in [-0.2, -0.15) is 4.31 Å². The van der Waals surface area contributed by atoms with E-state index in [4.69, 9.17) is 0 Å². The summed E-state index contributed by atoms with van der Waals surface area (Å²) in [4.78, 5) is 6.32. The van der Waals surface area contributed by atoms with Crippen molar-refractivity contribution in [1.82, 2.24) is 18.6 Å². The predicted molar refractivity (Wildman–Crippen MR) is 82.2 cm³/mol. The summed E-state index contributed by atoms with van der Waals surface area (Å²) in [6.07, 6.45) is 3.04. The molecule has 0 unspecified atom stereocenters. The summed E-state index contributed by atoms with van der Waals surface area (Å²) >= 11 is 0. The highest BCUT2D eigenvalue weighted by molar-refractivity contribution is 7.89. The maximum Gasteiger partial charge on any atom is 0.260 e. The number of hydrogen-bond donors (Lipinski definition) is 1. The molecule has 2 rings (SSSR count). The average molecular weight is 350 g/mol. The zero-order chi connectivity index (χ0) is 16.4. The van der Waals surface area contributed by atoms with Gasteiger partial charge in [0.1, 0.15) is 0 Å². The van der Waals surface area contributed by atoms with E-state index in [0.717, 1.165) is 0 Å². The molecule has 0 saturated carbocycles. The van der Waals surface area contributed by atoms with Crippen molar-refractivity contribution in [2.75, 3.05) is 31.9 Å². The number of nitrogens with zero attached hydrogens (tertiary/aromatic N) is 3. The number of rotatable bonds is 5. The highest BCUT2D eigenvalue weighted by atomic mass is 32.2. The third-order valence-electron chi connectivity index (χ3n) is 3.44. The molecule has 10 heteroatoms. The summed E-state index contributed by atoms with van der Waals surface area (Å²) in [5.74, 6) is 0.124. The van der Waals surface area contributed by atoms with Gasteiger partial charge < -0.3 is 4.98 Å². The van der Waals surface area contributed by atoms with Gasteiger partial charge in [0, 0.05) is 26.2 Å². The summed E-state index contributed by atoms with van der Waals surface area (Å²) in [6.45, 7) is 4.69. The lowest BCUT2D eigenvalue weighted by molar-refractivity contribution is 0.401. The fourth-order valence-corrected chi connectivity index (χ4v) is 5.62. The lowest BCUT2D eigenvalue weighted by Crippen LogP contribution is -2.39. The van der Waals surface area contributed by atoms with E-state index in [1.807, 2.05) is 13.8 Å². The van der Waals surface area contributed by atoms with Gasteiger partial charge in [-0.1, -0.05) is 13.8 Å². The van der Waals surface area contributed by atoms with E-state index >= 15 is 0 Å². The molecule has 0 aromatic carbocycles. The Balaban J connectivity index is 2.11. The van der Waals surface area contributed by atoms with Crippen LogP contribution in [0.15, 0.2) is 17.6 Å². The van der Waals surface area contributed by atoms with Crippen LogP contribution in [0.1, 0.15) is 20.3 Å². The molecule has 1 saturated heterocycles. The molecule has 2 heterocycles. The Morgan fingerprint density at radius 1 is 1.14 bits per heavy atom. The van der Waals surface area contributed by atoms with E-state index in [2.05, 4.69) is 9.97 Å². The zero-order valence-electron chi connectivity index (χ0n) is 12.8. The maximum atomic E-state index is 12.4. The molecule has 0 aliphatic carbocycles. The van der Waals surface area contributed by atoms with Crippen LogP contribution in [0, 0.1) is 5.92 Å². The van der Waals surface area contributed by atoms with E-state index in [1.165, 1.54) is 21.1 Å². The van der Waals surface area contributed by atoms with Gasteiger partial charge in [0.15, 0.2) is 5.03 Å². The predicted octanol–water partition coefficient (Wildman–Crippen LogP) is 0.0919. The second kappa shape index (κ2) is 6.65. The van der Waals surface area contributed by atoms with Gasteiger partial charge in [-0.05, 0) is 12.3 Å². The molecule has 1 aromatic heterocycles. The highest BCUT2D eigenvalue weighted by Crippen LogP contribution is 2.17. The molecule has 22 heavy (non-hydrogen) atoms. The van der Waals surface area contributed by atoms with E-state index in [0.29, 0.717) is 19.5 Å². The van der Waals surface area contributed by atoms with E-state index in [-0.39, 0.29) is 29.8 Å². The van der Waals surface area contributed by atoms with E-state index in [9.17, 15) is 16.8 Å². The van der Waals surface area contributed by atoms with Gasteiger partial charge in [-0.3, -0.25) is 0 Å². The minimum Gasteiger partial charge on any atom is -0.335 e. The minimum atomic E-state index is -3.64. The van der Waals surface area contributed by atoms with Crippen LogP contribution in [0.5, 0.6) is 0 Å². The number of imidazole rings is 1. The molecular weight excluding hydrogens is 328 g/mol. The number of aromatic amines is 1. The largest absolute Gasteiger partial charge is 0.335 e. The molecule has 126 valence electrons. The van der Waals surface area contributed by atoms with Crippen LogP contribution < -0.4 is 0 Å². The topological polar surface area (TPSA) is 103 Å². The van der Waals surface area contributed by atoms with E-state index in [1.54, 1.807) is 0 Å². The van der Waals surface area contributed by atoms with Crippen LogP contribution >= 0.6 is 0 Å². The highest BCUT2D eigenvalue weighted by Gasteiger charge is 2.31. The van der Waals surface area contributed by atoms with Crippen molar-refractivity contribution in [3.8, 4) is 0 Å². The molecule has 1 aliphatic rings. The molecule has 1 N–H and O–H groups in total. The molecular formula is C12H22N4O4S2. The first kappa shape index (κ1) is 17.4. The van der Waals surface area contributed by atoms with E-state index < -0.39 is 20.0 Å². The molecule has 0 bridgehead atoms. The van der Waals surface area contributed by atoms with Crippen LogP contribution in [-0.4, -0.2) is 67.3 Å². The summed E-state index contributed by atoms with van der Waals surface area (Å²) in [6, 6.07) is 0. The first-order chi connectivity index (χ1) is 10.2. The number of hydrogen-bond acceptors (Lipinski definition) is 5. The third-order valence-corrected chi connectivity index (χ3v) is 7.51. The monoisotopic (exact) mass is 350 g/mol.